The Labute approximate surface area is 96.5 Å². The van der Waals surface area contributed by atoms with Crippen LogP contribution in [-0.4, -0.2) is 17.1 Å². The number of aromatic hydroxyl groups is 1. The van der Waals surface area contributed by atoms with Crippen molar-refractivity contribution in [2.24, 2.45) is 0 Å². The van der Waals surface area contributed by atoms with Crippen LogP contribution in [0.15, 0.2) is 24.3 Å². The molecular formula is C13H19NO2. The second-order valence-corrected chi connectivity index (χ2v) is 4.04. The van der Waals surface area contributed by atoms with E-state index in [0.717, 1.165) is 12.0 Å². The monoisotopic (exact) mass is 221 g/mol. The number of hydrogen-bond donors (Lipinski definition) is 2. The maximum absolute atomic E-state index is 11.5. The quantitative estimate of drug-likeness (QED) is 0.801. The van der Waals surface area contributed by atoms with Gasteiger partial charge in [0.25, 0.3) is 0 Å². The first-order valence-corrected chi connectivity index (χ1v) is 5.69. The zero-order chi connectivity index (χ0) is 12.0. The Balaban J connectivity index is 2.34. The average Bonchev–Trinajstić information content (AvgIpc) is 2.28. The number of nitrogens with one attached hydrogen (secondary N) is 1. The molecule has 0 saturated heterocycles. The van der Waals surface area contributed by atoms with E-state index in [0.29, 0.717) is 12.8 Å². The fourth-order valence-corrected chi connectivity index (χ4v) is 1.37. The highest BCUT2D eigenvalue weighted by atomic mass is 16.3. The van der Waals surface area contributed by atoms with Gasteiger partial charge in [0.05, 0.1) is 0 Å². The van der Waals surface area contributed by atoms with Crippen LogP contribution in [0.4, 0.5) is 0 Å². The number of amides is 1. The first-order valence-electron chi connectivity index (χ1n) is 5.69. The molecule has 0 aliphatic heterocycles. The predicted octanol–water partition coefficient (Wildman–Crippen LogP) is 2.24. The summed E-state index contributed by atoms with van der Waals surface area (Å²) in [5.41, 5.74) is 1.07. The van der Waals surface area contributed by atoms with E-state index in [-0.39, 0.29) is 17.7 Å². The van der Waals surface area contributed by atoms with Crippen molar-refractivity contribution in [2.75, 3.05) is 0 Å². The van der Waals surface area contributed by atoms with Gasteiger partial charge in [-0.05, 0) is 37.5 Å². The van der Waals surface area contributed by atoms with E-state index in [1.54, 1.807) is 12.1 Å². The molecule has 0 aliphatic carbocycles. The molecule has 0 spiro atoms. The van der Waals surface area contributed by atoms with Crippen LogP contribution in [0, 0.1) is 0 Å². The van der Waals surface area contributed by atoms with Gasteiger partial charge in [-0.2, -0.15) is 0 Å². The van der Waals surface area contributed by atoms with Crippen LogP contribution in [0.1, 0.15) is 32.3 Å². The molecule has 16 heavy (non-hydrogen) atoms. The number of hydrogen-bond acceptors (Lipinski definition) is 2. The van der Waals surface area contributed by atoms with Crippen LogP contribution in [0.2, 0.25) is 0 Å². The Morgan fingerprint density at radius 1 is 1.38 bits per heavy atom. The molecule has 88 valence electrons. The van der Waals surface area contributed by atoms with Crippen LogP contribution >= 0.6 is 0 Å². The summed E-state index contributed by atoms with van der Waals surface area (Å²) in [6.07, 6.45) is 2.16. The van der Waals surface area contributed by atoms with E-state index < -0.39 is 0 Å². The molecule has 1 aromatic rings. The maximum Gasteiger partial charge on any atom is 0.220 e. The van der Waals surface area contributed by atoms with Crippen LogP contribution in [0.5, 0.6) is 5.75 Å². The number of rotatable bonds is 5. The van der Waals surface area contributed by atoms with Crippen LogP contribution < -0.4 is 5.32 Å². The van der Waals surface area contributed by atoms with Crippen molar-refractivity contribution in [1.29, 1.82) is 0 Å². The maximum atomic E-state index is 11.5. The van der Waals surface area contributed by atoms with Gasteiger partial charge in [-0.15, -0.1) is 0 Å². The summed E-state index contributed by atoms with van der Waals surface area (Å²) in [6, 6.07) is 7.20. The lowest BCUT2D eigenvalue weighted by atomic mass is 10.1. The molecule has 0 fully saturated rings. The largest absolute Gasteiger partial charge is 0.508 e. The molecule has 1 rings (SSSR count). The second kappa shape index (κ2) is 6.16. The van der Waals surface area contributed by atoms with Crippen molar-refractivity contribution in [1.82, 2.24) is 5.32 Å². The average molecular weight is 221 g/mol. The van der Waals surface area contributed by atoms with E-state index in [2.05, 4.69) is 5.32 Å². The lowest BCUT2D eigenvalue weighted by molar-refractivity contribution is -0.121. The predicted molar refractivity (Wildman–Crippen MR) is 64.3 cm³/mol. The molecule has 0 heterocycles. The summed E-state index contributed by atoms with van der Waals surface area (Å²) >= 11 is 0. The molecular weight excluding hydrogens is 202 g/mol. The Morgan fingerprint density at radius 2 is 2.00 bits per heavy atom. The third-order valence-corrected chi connectivity index (χ3v) is 2.60. The minimum Gasteiger partial charge on any atom is -0.508 e. The summed E-state index contributed by atoms with van der Waals surface area (Å²) in [7, 11) is 0. The molecule has 3 nitrogen and oxygen atoms in total. The minimum absolute atomic E-state index is 0.0856. The Hall–Kier alpha value is -1.51. The van der Waals surface area contributed by atoms with Gasteiger partial charge in [0.2, 0.25) is 5.91 Å². The molecule has 2 N–H and O–H groups in total. The van der Waals surface area contributed by atoms with Gasteiger partial charge in [0.15, 0.2) is 0 Å². The second-order valence-electron chi connectivity index (χ2n) is 4.04. The van der Waals surface area contributed by atoms with Gasteiger partial charge < -0.3 is 10.4 Å². The molecule has 1 amide bonds. The summed E-state index contributed by atoms with van der Waals surface area (Å²) in [6.45, 7) is 4.05. The van der Waals surface area contributed by atoms with Crippen LogP contribution in [0.25, 0.3) is 0 Å². The number of benzene rings is 1. The van der Waals surface area contributed by atoms with Crippen molar-refractivity contribution in [3.63, 3.8) is 0 Å². The normalized spacial score (nSPS) is 12.1. The third-order valence-electron chi connectivity index (χ3n) is 2.60. The van der Waals surface area contributed by atoms with E-state index in [1.165, 1.54) is 0 Å². The molecule has 0 aromatic heterocycles. The lowest BCUT2D eigenvalue weighted by Crippen LogP contribution is -2.31. The molecule has 0 aliphatic rings. The van der Waals surface area contributed by atoms with Crippen molar-refractivity contribution in [3.8, 4) is 5.75 Å². The smallest absolute Gasteiger partial charge is 0.220 e. The van der Waals surface area contributed by atoms with Crippen molar-refractivity contribution >= 4 is 5.91 Å². The molecule has 1 unspecified atom stereocenters. The fourth-order valence-electron chi connectivity index (χ4n) is 1.37. The molecule has 1 atom stereocenters. The fraction of sp³-hybridized carbons (Fsp3) is 0.462. The number of carbonyl (C=O) groups is 1. The zero-order valence-corrected chi connectivity index (χ0v) is 9.86. The standard InChI is InChI=1S/C13H19NO2/c1-3-10(2)14-13(16)9-6-11-4-7-12(15)8-5-11/h4-5,7-8,10,15H,3,6,9H2,1-2H3,(H,14,16). The molecule has 0 bridgehead atoms. The van der Waals surface area contributed by atoms with Gasteiger partial charge in [0.1, 0.15) is 5.75 Å². The first-order chi connectivity index (χ1) is 7.61. The Kier molecular flexibility index (Phi) is 4.83. The van der Waals surface area contributed by atoms with Gasteiger partial charge >= 0.3 is 0 Å². The highest BCUT2D eigenvalue weighted by molar-refractivity contribution is 5.76. The van der Waals surface area contributed by atoms with Crippen molar-refractivity contribution in [2.45, 2.75) is 39.2 Å². The third kappa shape index (κ3) is 4.34. The highest BCUT2D eigenvalue weighted by Crippen LogP contribution is 2.11. The van der Waals surface area contributed by atoms with Gasteiger partial charge in [-0.3, -0.25) is 4.79 Å². The van der Waals surface area contributed by atoms with Crippen LogP contribution in [0.3, 0.4) is 0 Å². The highest BCUT2D eigenvalue weighted by Gasteiger charge is 2.05. The van der Waals surface area contributed by atoms with E-state index in [1.807, 2.05) is 26.0 Å². The van der Waals surface area contributed by atoms with E-state index >= 15 is 0 Å². The molecule has 0 saturated carbocycles. The van der Waals surface area contributed by atoms with E-state index in [9.17, 15) is 4.79 Å². The number of carbonyl (C=O) groups excluding carboxylic acids is 1. The number of phenols is 1. The zero-order valence-electron chi connectivity index (χ0n) is 9.86. The molecule has 1 aromatic carbocycles. The van der Waals surface area contributed by atoms with Crippen LogP contribution in [-0.2, 0) is 11.2 Å². The van der Waals surface area contributed by atoms with Gasteiger partial charge in [-0.1, -0.05) is 19.1 Å². The summed E-state index contributed by atoms with van der Waals surface area (Å²) in [5.74, 6) is 0.343. The van der Waals surface area contributed by atoms with Gasteiger partial charge in [-0.25, -0.2) is 0 Å². The van der Waals surface area contributed by atoms with Gasteiger partial charge in [0, 0.05) is 12.5 Å². The summed E-state index contributed by atoms with van der Waals surface area (Å²) in [4.78, 5) is 11.5. The summed E-state index contributed by atoms with van der Waals surface area (Å²) in [5, 5.41) is 12.0. The lowest BCUT2D eigenvalue weighted by Gasteiger charge is -2.11. The topological polar surface area (TPSA) is 49.3 Å². The van der Waals surface area contributed by atoms with Crippen molar-refractivity contribution < 1.29 is 9.90 Å². The SMILES string of the molecule is CCC(C)NC(=O)CCc1ccc(O)cc1. The van der Waals surface area contributed by atoms with E-state index in [4.69, 9.17) is 5.11 Å². The number of phenolic OH excluding ortho intramolecular Hbond substituents is 1. The number of aryl methyl sites for hydroxylation is 1. The van der Waals surface area contributed by atoms with Crippen molar-refractivity contribution in [3.05, 3.63) is 29.8 Å². The first kappa shape index (κ1) is 12.6. The Morgan fingerprint density at radius 3 is 2.56 bits per heavy atom. The Bertz CT molecular complexity index is 332. The molecule has 0 radical (unpaired) electrons. The minimum atomic E-state index is 0.0856. The summed E-state index contributed by atoms with van der Waals surface area (Å²) < 4.78 is 0. The molecule has 3 heteroatoms.